The Kier molecular flexibility index (Phi) is 3.31. The van der Waals surface area contributed by atoms with E-state index in [2.05, 4.69) is 11.8 Å². The number of aromatic nitrogens is 2. The molecule has 26 heavy (non-hydrogen) atoms. The van der Waals surface area contributed by atoms with Gasteiger partial charge in [-0.2, -0.15) is 4.98 Å². The maximum Gasteiger partial charge on any atom is 0.303 e. The van der Waals surface area contributed by atoms with Gasteiger partial charge >= 0.3 is 5.97 Å². The molecule has 1 saturated carbocycles. The van der Waals surface area contributed by atoms with Crippen molar-refractivity contribution in [1.29, 1.82) is 0 Å². The molecule has 0 aromatic carbocycles. The second-order valence-corrected chi connectivity index (χ2v) is 8.91. The van der Waals surface area contributed by atoms with Gasteiger partial charge in [-0.1, -0.05) is 0 Å². The summed E-state index contributed by atoms with van der Waals surface area (Å²) in [5.74, 6) is 0.590. The SMILES string of the molecule is Cc1cc2nc(N3CC[C@@H]3C)nc(N3CC4C(CC(=O)O)C4C3=O)c2s1. The highest BCUT2D eigenvalue weighted by molar-refractivity contribution is 7.19. The topological polar surface area (TPSA) is 86.6 Å². The van der Waals surface area contributed by atoms with Crippen LogP contribution in [0, 0.1) is 24.7 Å². The molecule has 2 saturated heterocycles. The number of hydrogen-bond acceptors (Lipinski definition) is 6. The highest BCUT2D eigenvalue weighted by Crippen LogP contribution is 2.55. The summed E-state index contributed by atoms with van der Waals surface area (Å²) >= 11 is 1.61. The van der Waals surface area contributed by atoms with Gasteiger partial charge < -0.3 is 10.0 Å². The Labute approximate surface area is 154 Å². The highest BCUT2D eigenvalue weighted by atomic mass is 32.1. The number of nitrogens with zero attached hydrogens (tertiary/aromatic N) is 4. The lowest BCUT2D eigenvalue weighted by Gasteiger charge is -2.39. The van der Waals surface area contributed by atoms with Crippen molar-refractivity contribution in [3.8, 4) is 0 Å². The number of fused-ring (bicyclic) bond motifs is 2. The molecule has 4 heterocycles. The van der Waals surface area contributed by atoms with Gasteiger partial charge in [-0.05, 0) is 38.2 Å². The fourth-order valence-electron chi connectivity index (χ4n) is 4.36. The van der Waals surface area contributed by atoms with E-state index in [0.717, 1.165) is 28.1 Å². The van der Waals surface area contributed by atoms with E-state index in [0.29, 0.717) is 24.4 Å². The maximum atomic E-state index is 12.9. The number of hydrogen-bond donors (Lipinski definition) is 1. The zero-order valence-corrected chi connectivity index (χ0v) is 15.5. The van der Waals surface area contributed by atoms with Crippen molar-refractivity contribution >= 4 is 45.2 Å². The number of anilines is 2. The number of carbonyl (C=O) groups is 2. The smallest absolute Gasteiger partial charge is 0.303 e. The zero-order chi connectivity index (χ0) is 18.2. The summed E-state index contributed by atoms with van der Waals surface area (Å²) in [5, 5.41) is 9.00. The highest BCUT2D eigenvalue weighted by Gasteiger charge is 2.62. The molecule has 2 aromatic rings. The summed E-state index contributed by atoms with van der Waals surface area (Å²) in [6.45, 7) is 5.70. The quantitative estimate of drug-likeness (QED) is 0.886. The Morgan fingerprint density at radius 3 is 2.81 bits per heavy atom. The van der Waals surface area contributed by atoms with E-state index in [9.17, 15) is 9.59 Å². The molecule has 4 atom stereocenters. The predicted molar refractivity (Wildman–Crippen MR) is 98.7 cm³/mol. The fourth-order valence-corrected chi connectivity index (χ4v) is 5.31. The van der Waals surface area contributed by atoms with Crippen LogP contribution in [-0.2, 0) is 9.59 Å². The summed E-state index contributed by atoms with van der Waals surface area (Å²) in [6, 6.07) is 2.47. The Hall–Kier alpha value is -2.22. The van der Waals surface area contributed by atoms with Crippen molar-refractivity contribution < 1.29 is 14.7 Å². The van der Waals surface area contributed by atoms with Crippen LogP contribution in [0.5, 0.6) is 0 Å². The number of aliphatic carboxylic acids is 1. The van der Waals surface area contributed by atoms with Gasteiger partial charge in [0.1, 0.15) is 0 Å². The summed E-state index contributed by atoms with van der Waals surface area (Å²) in [4.78, 5) is 38.4. The van der Waals surface area contributed by atoms with Crippen LogP contribution >= 0.6 is 11.3 Å². The van der Waals surface area contributed by atoms with Crippen LogP contribution in [0.25, 0.3) is 10.2 Å². The van der Waals surface area contributed by atoms with Crippen molar-refractivity contribution in [2.45, 2.75) is 32.7 Å². The molecule has 7 nitrogen and oxygen atoms in total. The number of piperidine rings is 1. The van der Waals surface area contributed by atoms with Crippen LogP contribution in [0.15, 0.2) is 6.07 Å². The number of carboxylic acid groups (broad SMARTS) is 1. The first-order valence-corrected chi connectivity index (χ1v) is 9.83. The van der Waals surface area contributed by atoms with Crippen LogP contribution in [0.4, 0.5) is 11.8 Å². The molecule has 0 spiro atoms. The summed E-state index contributed by atoms with van der Waals surface area (Å²) in [5.41, 5.74) is 0.891. The molecular weight excluding hydrogens is 352 g/mol. The Balaban J connectivity index is 1.51. The minimum absolute atomic E-state index is 0.00600. The average Bonchev–Trinajstić information content (AvgIpc) is 2.89. The minimum Gasteiger partial charge on any atom is -0.481 e. The lowest BCUT2D eigenvalue weighted by molar-refractivity contribution is -0.137. The van der Waals surface area contributed by atoms with E-state index >= 15 is 0 Å². The minimum atomic E-state index is -0.823. The van der Waals surface area contributed by atoms with Crippen LogP contribution in [-0.4, -0.2) is 46.1 Å². The Morgan fingerprint density at radius 1 is 1.42 bits per heavy atom. The normalized spacial score (nSPS) is 29.8. The van der Waals surface area contributed by atoms with Gasteiger partial charge in [-0.3, -0.25) is 14.5 Å². The largest absolute Gasteiger partial charge is 0.481 e. The first-order valence-electron chi connectivity index (χ1n) is 9.02. The first-order chi connectivity index (χ1) is 12.4. The lowest BCUT2D eigenvalue weighted by atomic mass is 10.1. The second kappa shape index (κ2) is 5.39. The molecule has 136 valence electrons. The third-order valence-electron chi connectivity index (χ3n) is 5.98. The molecule has 3 unspecified atom stereocenters. The number of amides is 1. The van der Waals surface area contributed by atoms with Crippen molar-refractivity contribution in [2.24, 2.45) is 17.8 Å². The fraction of sp³-hybridized carbons (Fsp3) is 0.556. The molecule has 3 fully saturated rings. The maximum absolute atomic E-state index is 12.9. The molecule has 0 radical (unpaired) electrons. The van der Waals surface area contributed by atoms with E-state index in [1.165, 1.54) is 0 Å². The molecular formula is C18H20N4O3S. The number of carboxylic acids is 1. The molecule has 0 bridgehead atoms. The van der Waals surface area contributed by atoms with Crippen LogP contribution in [0.1, 0.15) is 24.6 Å². The van der Waals surface area contributed by atoms with Crippen molar-refractivity contribution in [2.75, 3.05) is 22.9 Å². The molecule has 8 heteroatoms. The standard InChI is InChI=1S/C18H20N4O3S/c1-8-3-4-21(8)18-19-12-5-9(2)26-15(12)16(20-18)22-7-11-10(6-13(23)24)14(11)17(22)25/h5,8,10-11,14H,3-4,6-7H2,1-2H3,(H,23,24)/t8-,10?,11?,14?/m0/s1. The van der Waals surface area contributed by atoms with Gasteiger partial charge in [0.2, 0.25) is 11.9 Å². The second-order valence-electron chi connectivity index (χ2n) is 7.65. The first kappa shape index (κ1) is 16.0. The van der Waals surface area contributed by atoms with Gasteiger partial charge in [-0.25, -0.2) is 4.98 Å². The third-order valence-corrected chi connectivity index (χ3v) is 7.02. The molecule has 1 aliphatic carbocycles. The number of carbonyl (C=O) groups excluding carboxylic acids is 1. The third kappa shape index (κ3) is 2.24. The van der Waals surface area contributed by atoms with Gasteiger partial charge in [0.05, 0.1) is 10.2 Å². The van der Waals surface area contributed by atoms with E-state index < -0.39 is 5.97 Å². The average molecular weight is 372 g/mol. The predicted octanol–water partition coefficient (Wildman–Crippen LogP) is 2.28. The summed E-state index contributed by atoms with van der Waals surface area (Å²) < 4.78 is 0.948. The van der Waals surface area contributed by atoms with Gasteiger partial charge in [0.15, 0.2) is 5.82 Å². The van der Waals surface area contributed by atoms with Gasteiger partial charge in [0.25, 0.3) is 0 Å². The number of rotatable bonds is 4. The molecule has 2 aromatic heterocycles. The molecule has 5 rings (SSSR count). The van der Waals surface area contributed by atoms with E-state index in [1.54, 1.807) is 16.2 Å². The van der Waals surface area contributed by atoms with Crippen molar-refractivity contribution in [1.82, 2.24) is 9.97 Å². The Bertz CT molecular complexity index is 942. The van der Waals surface area contributed by atoms with E-state index in [4.69, 9.17) is 15.1 Å². The van der Waals surface area contributed by atoms with Crippen LogP contribution in [0.3, 0.4) is 0 Å². The molecule has 2 aliphatic heterocycles. The van der Waals surface area contributed by atoms with E-state index in [-0.39, 0.29) is 30.1 Å². The monoisotopic (exact) mass is 372 g/mol. The summed E-state index contributed by atoms with van der Waals surface area (Å²) in [6.07, 6.45) is 1.21. The lowest BCUT2D eigenvalue weighted by Crippen LogP contribution is -2.47. The van der Waals surface area contributed by atoms with Gasteiger partial charge in [0, 0.05) is 36.3 Å². The van der Waals surface area contributed by atoms with Gasteiger partial charge in [-0.15, -0.1) is 11.3 Å². The summed E-state index contributed by atoms with van der Waals surface area (Å²) in [7, 11) is 0. The van der Waals surface area contributed by atoms with Crippen molar-refractivity contribution in [3.05, 3.63) is 10.9 Å². The zero-order valence-electron chi connectivity index (χ0n) is 14.7. The molecule has 3 aliphatic rings. The number of thiophene rings is 1. The Morgan fingerprint density at radius 2 is 2.23 bits per heavy atom. The molecule has 1 amide bonds. The van der Waals surface area contributed by atoms with Crippen LogP contribution in [0.2, 0.25) is 0 Å². The number of aryl methyl sites for hydroxylation is 1. The van der Waals surface area contributed by atoms with E-state index in [1.807, 2.05) is 13.0 Å². The van der Waals surface area contributed by atoms with Crippen molar-refractivity contribution in [3.63, 3.8) is 0 Å². The van der Waals surface area contributed by atoms with Crippen LogP contribution < -0.4 is 9.80 Å². The molecule has 1 N–H and O–H groups in total.